The summed E-state index contributed by atoms with van der Waals surface area (Å²) in [5.74, 6) is -1.02. The van der Waals surface area contributed by atoms with Crippen molar-refractivity contribution in [2.24, 2.45) is 0 Å². The molecule has 0 radical (unpaired) electrons. The van der Waals surface area contributed by atoms with Gasteiger partial charge in [0.05, 0.1) is 12.1 Å². The number of hydrogen-bond acceptors (Lipinski definition) is 5. The van der Waals surface area contributed by atoms with Gasteiger partial charge in [0.25, 0.3) is 5.56 Å². The van der Waals surface area contributed by atoms with E-state index in [-0.39, 0.29) is 24.3 Å². The number of carbonyl (C=O) groups is 2. The Kier molecular flexibility index (Phi) is 4.58. The highest BCUT2D eigenvalue weighted by Gasteiger charge is 2.14. The minimum absolute atomic E-state index is 0.156. The Morgan fingerprint density at radius 3 is 2.61 bits per heavy atom. The number of aromatic nitrogens is 4. The number of nitrogens with zero attached hydrogens (tertiary/aromatic N) is 3. The van der Waals surface area contributed by atoms with Crippen molar-refractivity contribution in [2.75, 3.05) is 5.32 Å². The van der Waals surface area contributed by atoms with Crippen molar-refractivity contribution in [3.05, 3.63) is 33.4 Å². The molecule has 0 fully saturated rings. The molecule has 0 bridgehead atoms. The number of amides is 1. The molecule has 9 heteroatoms. The van der Waals surface area contributed by atoms with Gasteiger partial charge in [-0.05, 0) is 20.8 Å². The van der Waals surface area contributed by atoms with Gasteiger partial charge < -0.3 is 10.4 Å². The lowest BCUT2D eigenvalue weighted by Gasteiger charge is -2.09. The minimum Gasteiger partial charge on any atom is -0.481 e. The zero-order chi connectivity index (χ0) is 17.1. The van der Waals surface area contributed by atoms with E-state index >= 15 is 0 Å². The number of rotatable bonds is 5. The quantitative estimate of drug-likeness (QED) is 0.743. The molecule has 3 N–H and O–H groups in total. The maximum atomic E-state index is 11.9. The largest absolute Gasteiger partial charge is 0.481 e. The van der Waals surface area contributed by atoms with Gasteiger partial charge in [0.15, 0.2) is 0 Å². The second kappa shape index (κ2) is 6.42. The van der Waals surface area contributed by atoms with Crippen LogP contribution in [0.1, 0.15) is 29.8 Å². The first-order chi connectivity index (χ1) is 10.8. The van der Waals surface area contributed by atoms with Gasteiger partial charge in [-0.1, -0.05) is 0 Å². The van der Waals surface area contributed by atoms with Gasteiger partial charge in [-0.15, -0.1) is 0 Å². The smallest absolute Gasteiger partial charge is 0.303 e. The summed E-state index contributed by atoms with van der Waals surface area (Å²) >= 11 is 0. The molecule has 0 unspecified atom stereocenters. The van der Waals surface area contributed by atoms with Crippen LogP contribution in [0.2, 0.25) is 0 Å². The fourth-order valence-electron chi connectivity index (χ4n) is 1.91. The number of hydrogen-bond donors (Lipinski definition) is 3. The van der Waals surface area contributed by atoms with E-state index in [1.807, 2.05) is 0 Å². The number of carboxylic acids is 1. The Labute approximate surface area is 131 Å². The molecule has 2 aromatic rings. The molecule has 122 valence electrons. The zero-order valence-corrected chi connectivity index (χ0v) is 13.0. The van der Waals surface area contributed by atoms with E-state index in [2.05, 4.69) is 20.4 Å². The predicted molar refractivity (Wildman–Crippen MR) is 81.7 cm³/mol. The lowest BCUT2D eigenvalue weighted by molar-refractivity contribution is -0.138. The lowest BCUT2D eigenvalue weighted by atomic mass is 10.3. The third-order valence-electron chi connectivity index (χ3n) is 3.25. The van der Waals surface area contributed by atoms with E-state index < -0.39 is 11.9 Å². The summed E-state index contributed by atoms with van der Waals surface area (Å²) in [5, 5.41) is 15.4. The van der Waals surface area contributed by atoms with Crippen LogP contribution in [0.15, 0.2) is 10.9 Å². The topological polar surface area (TPSA) is 130 Å². The molecule has 0 saturated heterocycles. The van der Waals surface area contributed by atoms with Gasteiger partial charge in [-0.25, -0.2) is 4.98 Å². The third-order valence-corrected chi connectivity index (χ3v) is 3.25. The van der Waals surface area contributed by atoms with Gasteiger partial charge in [-0.2, -0.15) is 9.78 Å². The average molecular weight is 319 g/mol. The van der Waals surface area contributed by atoms with Crippen molar-refractivity contribution in [2.45, 2.75) is 33.6 Å². The maximum Gasteiger partial charge on any atom is 0.303 e. The zero-order valence-electron chi connectivity index (χ0n) is 13.0. The fraction of sp³-hybridized carbons (Fsp3) is 0.357. The molecule has 23 heavy (non-hydrogen) atoms. The van der Waals surface area contributed by atoms with Crippen molar-refractivity contribution in [3.63, 3.8) is 0 Å². The first-order valence-electron chi connectivity index (χ1n) is 6.94. The molecule has 2 rings (SSSR count). The number of anilines is 1. The van der Waals surface area contributed by atoms with E-state index in [0.29, 0.717) is 22.8 Å². The Balaban J connectivity index is 2.33. The minimum atomic E-state index is -1.05. The molecular formula is C14H17N5O4. The van der Waals surface area contributed by atoms with Crippen molar-refractivity contribution >= 4 is 17.7 Å². The second-order valence-corrected chi connectivity index (χ2v) is 5.12. The summed E-state index contributed by atoms with van der Waals surface area (Å²) in [6, 6.07) is 1.61. The van der Waals surface area contributed by atoms with Crippen molar-refractivity contribution < 1.29 is 14.7 Å². The molecule has 2 aromatic heterocycles. The summed E-state index contributed by atoms with van der Waals surface area (Å²) in [6.07, 6.45) is -0.423. The highest BCUT2D eigenvalue weighted by atomic mass is 16.4. The van der Waals surface area contributed by atoms with Gasteiger partial charge in [0.2, 0.25) is 11.9 Å². The molecule has 0 aliphatic heterocycles. The number of carbonyl (C=O) groups excluding carboxylic acids is 1. The summed E-state index contributed by atoms with van der Waals surface area (Å²) < 4.78 is 1.31. The summed E-state index contributed by atoms with van der Waals surface area (Å²) in [7, 11) is 0. The summed E-state index contributed by atoms with van der Waals surface area (Å²) in [6.45, 7) is 5.09. The second-order valence-electron chi connectivity index (χ2n) is 5.12. The van der Waals surface area contributed by atoms with Crippen molar-refractivity contribution in [1.29, 1.82) is 0 Å². The van der Waals surface area contributed by atoms with Crippen LogP contribution in [0.5, 0.6) is 0 Å². The van der Waals surface area contributed by atoms with E-state index in [1.54, 1.807) is 26.8 Å². The SMILES string of the molecule is Cc1cc(NC(=O)CCC(=O)O)n(-c2nc(C)c(C)c(=O)[nH]2)n1. The highest BCUT2D eigenvalue weighted by molar-refractivity contribution is 5.91. The van der Waals surface area contributed by atoms with Crippen LogP contribution in [0.3, 0.4) is 0 Å². The van der Waals surface area contributed by atoms with Crippen LogP contribution in [0.4, 0.5) is 5.82 Å². The van der Waals surface area contributed by atoms with Gasteiger partial charge >= 0.3 is 5.97 Å². The number of nitrogens with one attached hydrogen (secondary N) is 2. The van der Waals surface area contributed by atoms with Crippen LogP contribution < -0.4 is 10.9 Å². The molecule has 0 aliphatic rings. The Hall–Kier alpha value is -2.97. The molecular weight excluding hydrogens is 302 g/mol. The molecule has 2 heterocycles. The van der Waals surface area contributed by atoms with Crippen LogP contribution in [-0.4, -0.2) is 36.7 Å². The number of H-pyrrole nitrogens is 1. The highest BCUT2D eigenvalue weighted by Crippen LogP contribution is 2.15. The van der Waals surface area contributed by atoms with Crippen LogP contribution in [0, 0.1) is 20.8 Å². The predicted octanol–water partition coefficient (Wildman–Crippen LogP) is 0.684. The number of aromatic amines is 1. The van der Waals surface area contributed by atoms with Crippen molar-refractivity contribution in [1.82, 2.24) is 19.7 Å². The van der Waals surface area contributed by atoms with Gasteiger partial charge in [-0.3, -0.25) is 19.4 Å². The van der Waals surface area contributed by atoms with Gasteiger partial charge in [0, 0.05) is 23.7 Å². The molecule has 0 aromatic carbocycles. The van der Waals surface area contributed by atoms with E-state index in [9.17, 15) is 14.4 Å². The fourth-order valence-corrected chi connectivity index (χ4v) is 1.91. The first-order valence-corrected chi connectivity index (χ1v) is 6.94. The van der Waals surface area contributed by atoms with Crippen LogP contribution in [0.25, 0.3) is 5.95 Å². The number of aryl methyl sites for hydroxylation is 2. The lowest BCUT2D eigenvalue weighted by Crippen LogP contribution is -2.21. The maximum absolute atomic E-state index is 11.9. The summed E-state index contributed by atoms with van der Waals surface area (Å²) in [5.41, 5.74) is 1.38. The van der Waals surface area contributed by atoms with E-state index in [1.165, 1.54) is 4.68 Å². The van der Waals surface area contributed by atoms with E-state index in [4.69, 9.17) is 5.11 Å². The number of aliphatic carboxylic acids is 1. The average Bonchev–Trinajstić information content (AvgIpc) is 2.82. The monoisotopic (exact) mass is 319 g/mol. The summed E-state index contributed by atoms with van der Waals surface area (Å²) in [4.78, 5) is 41.0. The number of carboxylic acid groups (broad SMARTS) is 1. The van der Waals surface area contributed by atoms with Crippen LogP contribution >= 0.6 is 0 Å². The third kappa shape index (κ3) is 3.82. The Morgan fingerprint density at radius 2 is 2.00 bits per heavy atom. The van der Waals surface area contributed by atoms with Crippen molar-refractivity contribution in [3.8, 4) is 5.95 Å². The van der Waals surface area contributed by atoms with Crippen LogP contribution in [-0.2, 0) is 9.59 Å². The molecule has 1 amide bonds. The standard InChI is InChI=1S/C14H17N5O4/c1-7-6-10(16-11(20)4-5-12(21)22)19(18-7)14-15-9(3)8(2)13(23)17-14/h6H,4-5H2,1-3H3,(H,16,20)(H,21,22)(H,15,17,23). The molecule has 0 atom stereocenters. The Morgan fingerprint density at radius 1 is 1.30 bits per heavy atom. The molecule has 0 aliphatic carbocycles. The van der Waals surface area contributed by atoms with E-state index in [0.717, 1.165) is 0 Å². The molecule has 9 nitrogen and oxygen atoms in total. The normalized spacial score (nSPS) is 10.6. The van der Waals surface area contributed by atoms with Gasteiger partial charge in [0.1, 0.15) is 5.82 Å². The molecule has 0 spiro atoms. The Bertz CT molecular complexity index is 821. The molecule has 0 saturated carbocycles. The first kappa shape index (κ1) is 16.4.